The summed E-state index contributed by atoms with van der Waals surface area (Å²) in [6, 6.07) is 2.10. The van der Waals surface area contributed by atoms with E-state index in [0.717, 1.165) is 12.1 Å². The molecule has 0 saturated carbocycles. The summed E-state index contributed by atoms with van der Waals surface area (Å²) in [6.45, 7) is -0.140. The Bertz CT molecular complexity index is 319. The maximum Gasteiger partial charge on any atom is 0.150 e. The Morgan fingerprint density at radius 1 is 1.46 bits per heavy atom. The molecular weight excluding hydrogens is 200 g/mol. The fourth-order valence-electron chi connectivity index (χ4n) is 0.925. The summed E-state index contributed by atoms with van der Waals surface area (Å²) in [4.78, 5) is 0. The predicted octanol–water partition coefficient (Wildman–Crippen LogP) is 1.61. The van der Waals surface area contributed by atoms with E-state index in [1.165, 1.54) is 0 Å². The molecule has 0 unspecified atom stereocenters. The van der Waals surface area contributed by atoms with Crippen molar-refractivity contribution in [2.75, 3.05) is 6.54 Å². The number of aliphatic hydroxyl groups is 1. The molecule has 0 aromatic heterocycles. The van der Waals surface area contributed by atoms with E-state index in [4.69, 9.17) is 17.3 Å². The van der Waals surface area contributed by atoms with Gasteiger partial charge in [0.25, 0.3) is 0 Å². The SMILES string of the molecule is NC[C@H](O)c1ccc(F)c(Cl)c1F. The lowest BCUT2D eigenvalue weighted by Crippen LogP contribution is -2.13. The lowest BCUT2D eigenvalue weighted by atomic mass is 10.1. The summed E-state index contributed by atoms with van der Waals surface area (Å²) in [7, 11) is 0. The first kappa shape index (κ1) is 10.4. The third-order valence-electron chi connectivity index (χ3n) is 1.65. The third kappa shape index (κ3) is 1.96. The van der Waals surface area contributed by atoms with Gasteiger partial charge in [0.1, 0.15) is 10.8 Å². The molecule has 0 bridgehead atoms. The summed E-state index contributed by atoms with van der Waals surface area (Å²) in [5.74, 6) is -1.81. The van der Waals surface area contributed by atoms with Gasteiger partial charge in [0.05, 0.1) is 6.10 Å². The quantitative estimate of drug-likeness (QED) is 0.724. The molecule has 13 heavy (non-hydrogen) atoms. The van der Waals surface area contributed by atoms with Crippen molar-refractivity contribution in [3.05, 3.63) is 34.4 Å². The predicted molar refractivity (Wildman–Crippen MR) is 45.4 cm³/mol. The molecule has 0 fully saturated rings. The van der Waals surface area contributed by atoms with Crippen molar-refractivity contribution in [2.45, 2.75) is 6.10 Å². The molecule has 72 valence electrons. The minimum absolute atomic E-state index is 0.0890. The zero-order valence-corrected chi connectivity index (χ0v) is 7.35. The Balaban J connectivity index is 3.18. The molecule has 0 aliphatic heterocycles. The van der Waals surface area contributed by atoms with Gasteiger partial charge in [-0.25, -0.2) is 8.78 Å². The molecule has 5 heteroatoms. The van der Waals surface area contributed by atoms with E-state index < -0.39 is 22.8 Å². The van der Waals surface area contributed by atoms with E-state index in [2.05, 4.69) is 0 Å². The Kier molecular flexibility index (Phi) is 3.19. The van der Waals surface area contributed by atoms with Crippen molar-refractivity contribution in [1.29, 1.82) is 0 Å². The van der Waals surface area contributed by atoms with E-state index in [0.29, 0.717) is 0 Å². The molecule has 0 aliphatic carbocycles. The van der Waals surface area contributed by atoms with Crippen LogP contribution in [-0.2, 0) is 0 Å². The lowest BCUT2D eigenvalue weighted by Gasteiger charge is -2.09. The van der Waals surface area contributed by atoms with Gasteiger partial charge < -0.3 is 10.8 Å². The molecular formula is C8H8ClF2NO. The van der Waals surface area contributed by atoms with Gasteiger partial charge in [0, 0.05) is 12.1 Å². The monoisotopic (exact) mass is 207 g/mol. The van der Waals surface area contributed by atoms with E-state index >= 15 is 0 Å². The zero-order chi connectivity index (χ0) is 10.0. The maximum atomic E-state index is 13.1. The van der Waals surface area contributed by atoms with Crippen LogP contribution in [0.2, 0.25) is 5.02 Å². The van der Waals surface area contributed by atoms with Crippen molar-refractivity contribution in [1.82, 2.24) is 0 Å². The molecule has 1 aromatic carbocycles. The second-order valence-corrected chi connectivity index (χ2v) is 2.89. The topological polar surface area (TPSA) is 46.2 Å². The zero-order valence-electron chi connectivity index (χ0n) is 6.60. The maximum absolute atomic E-state index is 13.1. The first-order valence-corrected chi connectivity index (χ1v) is 3.97. The highest BCUT2D eigenvalue weighted by Gasteiger charge is 2.16. The molecule has 2 nitrogen and oxygen atoms in total. The summed E-state index contributed by atoms with van der Waals surface area (Å²) >= 11 is 5.28. The van der Waals surface area contributed by atoms with Crippen LogP contribution < -0.4 is 5.73 Å². The van der Waals surface area contributed by atoms with Crippen molar-refractivity contribution in [2.24, 2.45) is 5.73 Å². The highest BCUT2D eigenvalue weighted by molar-refractivity contribution is 6.30. The van der Waals surface area contributed by atoms with Crippen LogP contribution in [0.15, 0.2) is 12.1 Å². The summed E-state index contributed by atoms with van der Waals surface area (Å²) in [5.41, 5.74) is 5.02. The highest BCUT2D eigenvalue weighted by atomic mass is 35.5. The van der Waals surface area contributed by atoms with Crippen LogP contribution in [0.5, 0.6) is 0 Å². The van der Waals surface area contributed by atoms with Crippen molar-refractivity contribution in [3.63, 3.8) is 0 Å². The van der Waals surface area contributed by atoms with Crippen LogP contribution in [0.3, 0.4) is 0 Å². The Morgan fingerprint density at radius 2 is 2.08 bits per heavy atom. The van der Waals surface area contributed by atoms with E-state index in [-0.39, 0.29) is 12.1 Å². The Labute approximate surface area is 78.9 Å². The fraction of sp³-hybridized carbons (Fsp3) is 0.250. The number of halogens is 3. The fourth-order valence-corrected chi connectivity index (χ4v) is 1.10. The van der Waals surface area contributed by atoms with Crippen LogP contribution in [0.4, 0.5) is 8.78 Å². The first-order valence-electron chi connectivity index (χ1n) is 3.59. The largest absolute Gasteiger partial charge is 0.387 e. The molecule has 0 saturated heterocycles. The average molecular weight is 208 g/mol. The number of hydrogen-bond acceptors (Lipinski definition) is 2. The molecule has 0 heterocycles. The standard InChI is InChI=1S/C8H8ClF2NO/c9-7-5(10)2-1-4(8(7)11)6(13)3-12/h1-2,6,13H,3,12H2/t6-/m0/s1. The van der Waals surface area contributed by atoms with Gasteiger partial charge in [-0.1, -0.05) is 17.7 Å². The van der Waals surface area contributed by atoms with E-state index in [1.54, 1.807) is 0 Å². The lowest BCUT2D eigenvalue weighted by molar-refractivity contribution is 0.181. The van der Waals surface area contributed by atoms with Gasteiger partial charge in [0.2, 0.25) is 0 Å². The number of benzene rings is 1. The Morgan fingerprint density at radius 3 is 2.62 bits per heavy atom. The Hall–Kier alpha value is -0.710. The number of rotatable bonds is 2. The van der Waals surface area contributed by atoms with Gasteiger partial charge in [-0.15, -0.1) is 0 Å². The smallest absolute Gasteiger partial charge is 0.150 e. The summed E-state index contributed by atoms with van der Waals surface area (Å²) in [5, 5.41) is 8.56. The second kappa shape index (κ2) is 4.00. The molecule has 1 rings (SSSR count). The highest BCUT2D eigenvalue weighted by Crippen LogP contribution is 2.25. The van der Waals surface area contributed by atoms with Gasteiger partial charge in [-0.2, -0.15) is 0 Å². The normalized spacial score (nSPS) is 13.0. The molecule has 1 aromatic rings. The molecule has 0 radical (unpaired) electrons. The van der Waals surface area contributed by atoms with Crippen LogP contribution in [0, 0.1) is 11.6 Å². The van der Waals surface area contributed by atoms with E-state index in [9.17, 15) is 13.9 Å². The minimum atomic E-state index is -1.15. The van der Waals surface area contributed by atoms with Gasteiger partial charge in [0.15, 0.2) is 5.82 Å². The number of hydrogen-bond donors (Lipinski definition) is 2. The number of nitrogens with two attached hydrogens (primary N) is 1. The molecule has 3 N–H and O–H groups in total. The first-order chi connectivity index (χ1) is 6.07. The van der Waals surface area contributed by atoms with Crippen LogP contribution in [0.1, 0.15) is 11.7 Å². The van der Waals surface area contributed by atoms with Crippen LogP contribution in [0.25, 0.3) is 0 Å². The van der Waals surface area contributed by atoms with Crippen molar-refractivity contribution < 1.29 is 13.9 Å². The minimum Gasteiger partial charge on any atom is -0.387 e. The molecule has 1 atom stereocenters. The third-order valence-corrected chi connectivity index (χ3v) is 1.99. The average Bonchev–Trinajstić information content (AvgIpc) is 2.13. The van der Waals surface area contributed by atoms with Gasteiger partial charge in [-0.05, 0) is 6.07 Å². The van der Waals surface area contributed by atoms with Crippen molar-refractivity contribution in [3.8, 4) is 0 Å². The summed E-state index contributed by atoms with van der Waals surface area (Å²) < 4.78 is 25.8. The summed E-state index contributed by atoms with van der Waals surface area (Å²) in [6.07, 6.45) is -1.15. The van der Waals surface area contributed by atoms with Crippen LogP contribution in [-0.4, -0.2) is 11.7 Å². The molecule has 0 amide bonds. The van der Waals surface area contributed by atoms with Gasteiger partial charge >= 0.3 is 0 Å². The van der Waals surface area contributed by atoms with Crippen LogP contribution >= 0.6 is 11.6 Å². The van der Waals surface area contributed by atoms with E-state index in [1.807, 2.05) is 0 Å². The number of aliphatic hydroxyl groups excluding tert-OH is 1. The molecule has 0 spiro atoms. The van der Waals surface area contributed by atoms with Gasteiger partial charge in [-0.3, -0.25) is 0 Å². The molecule has 0 aliphatic rings. The second-order valence-electron chi connectivity index (χ2n) is 2.52. The van der Waals surface area contributed by atoms with Crippen molar-refractivity contribution >= 4 is 11.6 Å².